The van der Waals surface area contributed by atoms with Crippen molar-refractivity contribution < 1.29 is 12.6 Å². The summed E-state index contributed by atoms with van der Waals surface area (Å²) < 4.78 is 30.1. The summed E-state index contributed by atoms with van der Waals surface area (Å²) in [7, 11) is -3.31. The van der Waals surface area contributed by atoms with Crippen molar-refractivity contribution in [2.24, 2.45) is 23.7 Å². The van der Waals surface area contributed by atoms with Gasteiger partial charge in [-0.15, -0.1) is 0 Å². The second-order valence-electron chi connectivity index (χ2n) is 6.83. The molecular weight excluding hydrogens is 248 g/mol. The normalized spacial score (nSPS) is 51.2. The fourth-order valence-electron chi connectivity index (χ4n) is 4.37. The maximum Gasteiger partial charge on any atom is 0.270 e. The van der Waals surface area contributed by atoms with E-state index in [9.17, 15) is 8.42 Å². The lowest BCUT2D eigenvalue weighted by Crippen LogP contribution is -2.52. The molecule has 2 aliphatic carbocycles. The average Bonchev–Trinajstić information content (AvgIpc) is 2.28. The molecule has 3 fully saturated rings. The summed E-state index contributed by atoms with van der Waals surface area (Å²) in [6.45, 7) is 4.38. The third-order valence-corrected chi connectivity index (χ3v) is 7.19. The number of fused-ring (bicyclic) bond motifs is 3. The predicted molar refractivity (Wildman–Crippen MR) is 70.6 cm³/mol. The van der Waals surface area contributed by atoms with Crippen molar-refractivity contribution in [3.8, 4) is 0 Å². The quantitative estimate of drug-likeness (QED) is 0.637. The summed E-state index contributed by atoms with van der Waals surface area (Å²) in [5.41, 5.74) is 0. The van der Waals surface area contributed by atoms with Crippen LogP contribution in [-0.4, -0.2) is 19.8 Å². The van der Waals surface area contributed by atoms with E-state index in [4.69, 9.17) is 4.18 Å². The van der Waals surface area contributed by atoms with Gasteiger partial charge in [0, 0.05) is 0 Å². The molecule has 1 aliphatic heterocycles. The molecule has 0 radical (unpaired) electrons. The first-order chi connectivity index (χ1) is 8.47. The lowest BCUT2D eigenvalue weighted by Gasteiger charge is -2.48. The van der Waals surface area contributed by atoms with Crippen LogP contribution in [0, 0.1) is 23.7 Å². The average molecular weight is 272 g/mol. The Morgan fingerprint density at radius 2 is 1.50 bits per heavy atom. The van der Waals surface area contributed by atoms with Gasteiger partial charge in [0.05, 0.1) is 11.4 Å². The van der Waals surface area contributed by atoms with Crippen molar-refractivity contribution in [2.45, 2.75) is 63.7 Å². The minimum atomic E-state index is -3.31. The maximum atomic E-state index is 12.3. The van der Waals surface area contributed by atoms with Crippen molar-refractivity contribution >= 4 is 10.1 Å². The van der Waals surface area contributed by atoms with E-state index in [0.29, 0.717) is 23.7 Å². The van der Waals surface area contributed by atoms with Gasteiger partial charge in [-0.3, -0.25) is 4.18 Å². The van der Waals surface area contributed by atoms with Crippen LogP contribution in [0.2, 0.25) is 0 Å². The molecule has 0 spiro atoms. The van der Waals surface area contributed by atoms with E-state index in [1.54, 1.807) is 0 Å². The highest BCUT2D eigenvalue weighted by atomic mass is 32.2. The fraction of sp³-hybridized carbons (Fsp3) is 1.00. The molecule has 0 amide bonds. The molecule has 104 valence electrons. The predicted octanol–water partition coefficient (Wildman–Crippen LogP) is 2.96. The molecule has 18 heavy (non-hydrogen) atoms. The van der Waals surface area contributed by atoms with Crippen LogP contribution in [-0.2, 0) is 14.3 Å². The largest absolute Gasteiger partial charge is 0.270 e. The Balaban J connectivity index is 1.88. The second-order valence-corrected chi connectivity index (χ2v) is 8.61. The molecule has 3 nitrogen and oxygen atoms in total. The topological polar surface area (TPSA) is 43.4 Å². The van der Waals surface area contributed by atoms with Gasteiger partial charge in [-0.2, -0.15) is 8.42 Å². The monoisotopic (exact) mass is 272 g/mol. The van der Waals surface area contributed by atoms with E-state index in [-0.39, 0.29) is 11.4 Å². The van der Waals surface area contributed by atoms with Gasteiger partial charge in [-0.25, -0.2) is 0 Å². The van der Waals surface area contributed by atoms with E-state index < -0.39 is 10.1 Å². The summed E-state index contributed by atoms with van der Waals surface area (Å²) in [4.78, 5) is 0. The summed E-state index contributed by atoms with van der Waals surface area (Å²) >= 11 is 0. The second kappa shape index (κ2) is 4.48. The number of hydrogen-bond donors (Lipinski definition) is 0. The highest BCUT2D eigenvalue weighted by molar-refractivity contribution is 7.87. The summed E-state index contributed by atoms with van der Waals surface area (Å²) in [5, 5.41) is -0.212. The first-order valence-electron chi connectivity index (χ1n) is 7.39. The molecule has 0 N–H and O–H groups in total. The third kappa shape index (κ3) is 2.11. The first kappa shape index (κ1) is 12.9. The molecule has 4 heteroatoms. The Morgan fingerprint density at radius 3 is 2.22 bits per heavy atom. The van der Waals surface area contributed by atoms with E-state index in [1.807, 2.05) is 0 Å². The molecule has 0 aromatic carbocycles. The van der Waals surface area contributed by atoms with Crippen molar-refractivity contribution in [3.63, 3.8) is 0 Å². The van der Waals surface area contributed by atoms with E-state index in [0.717, 1.165) is 25.7 Å². The molecule has 3 rings (SSSR count). The Hall–Kier alpha value is -0.0900. The first-order valence-corrected chi connectivity index (χ1v) is 8.86. The van der Waals surface area contributed by atoms with Crippen molar-refractivity contribution in [3.05, 3.63) is 0 Å². The molecule has 3 aliphatic rings. The Bertz CT molecular complexity index is 417. The summed E-state index contributed by atoms with van der Waals surface area (Å²) in [5.74, 6) is 2.02. The van der Waals surface area contributed by atoms with Crippen LogP contribution in [0.25, 0.3) is 0 Å². The smallest absolute Gasteiger partial charge is 0.266 e. The van der Waals surface area contributed by atoms with Crippen molar-refractivity contribution in [1.82, 2.24) is 0 Å². The van der Waals surface area contributed by atoms with Crippen LogP contribution < -0.4 is 0 Å². The van der Waals surface area contributed by atoms with Crippen LogP contribution >= 0.6 is 0 Å². The molecule has 6 atom stereocenters. The zero-order valence-electron chi connectivity index (χ0n) is 11.3. The van der Waals surface area contributed by atoms with Gasteiger partial charge >= 0.3 is 0 Å². The Morgan fingerprint density at radius 1 is 0.889 bits per heavy atom. The van der Waals surface area contributed by atoms with E-state index >= 15 is 0 Å². The van der Waals surface area contributed by atoms with Crippen LogP contribution in [0.1, 0.15) is 52.4 Å². The van der Waals surface area contributed by atoms with E-state index in [1.165, 1.54) is 12.8 Å². The number of rotatable bonds is 0. The van der Waals surface area contributed by atoms with Gasteiger partial charge in [0.2, 0.25) is 0 Å². The van der Waals surface area contributed by atoms with Crippen molar-refractivity contribution in [1.29, 1.82) is 0 Å². The zero-order valence-corrected chi connectivity index (χ0v) is 12.2. The summed E-state index contributed by atoms with van der Waals surface area (Å²) in [6, 6.07) is 0. The lowest BCUT2D eigenvalue weighted by atomic mass is 9.68. The van der Waals surface area contributed by atoms with Crippen LogP contribution in [0.3, 0.4) is 0 Å². The van der Waals surface area contributed by atoms with Gasteiger partial charge in [-0.05, 0) is 49.4 Å². The van der Waals surface area contributed by atoms with Gasteiger partial charge in [0.25, 0.3) is 10.1 Å². The van der Waals surface area contributed by atoms with Gasteiger partial charge in [0.15, 0.2) is 0 Å². The molecule has 1 heterocycles. The summed E-state index contributed by atoms with van der Waals surface area (Å²) in [6.07, 6.45) is 6.40. The van der Waals surface area contributed by atoms with Crippen LogP contribution in [0.4, 0.5) is 0 Å². The van der Waals surface area contributed by atoms with Gasteiger partial charge in [-0.1, -0.05) is 26.7 Å². The van der Waals surface area contributed by atoms with Crippen LogP contribution in [0.5, 0.6) is 0 Å². The maximum absolute atomic E-state index is 12.3. The minimum absolute atomic E-state index is 0.0200. The molecule has 2 saturated carbocycles. The number of hydrogen-bond acceptors (Lipinski definition) is 3. The molecule has 0 aromatic heterocycles. The van der Waals surface area contributed by atoms with E-state index in [2.05, 4.69) is 13.8 Å². The molecule has 6 unspecified atom stereocenters. The van der Waals surface area contributed by atoms with Gasteiger partial charge in [0.1, 0.15) is 0 Å². The Kier molecular flexibility index (Phi) is 3.22. The molecule has 0 aromatic rings. The molecule has 1 saturated heterocycles. The third-order valence-electron chi connectivity index (χ3n) is 5.39. The minimum Gasteiger partial charge on any atom is -0.266 e. The van der Waals surface area contributed by atoms with Crippen LogP contribution in [0.15, 0.2) is 0 Å². The molecule has 0 bridgehead atoms. The Labute approximate surface area is 110 Å². The zero-order chi connectivity index (χ0) is 12.9. The fourth-order valence-corrected chi connectivity index (χ4v) is 6.41. The SMILES string of the molecule is CC1CCC2C(C1)OS(=O)(=O)C1CC(C)CCC21. The van der Waals surface area contributed by atoms with Crippen molar-refractivity contribution in [2.75, 3.05) is 0 Å². The standard InChI is InChI=1S/C14H24O3S/c1-9-3-5-11-12-6-4-10(2)8-14(12)18(15,16)17-13(11)7-9/h9-14H,3-8H2,1-2H3. The lowest BCUT2D eigenvalue weighted by molar-refractivity contribution is 0.00175. The molecular formula is C14H24O3S. The highest BCUT2D eigenvalue weighted by Gasteiger charge is 2.51. The highest BCUT2D eigenvalue weighted by Crippen LogP contribution is 2.48. The van der Waals surface area contributed by atoms with Gasteiger partial charge < -0.3 is 0 Å².